The first-order chi connectivity index (χ1) is 7.59. The topological polar surface area (TPSA) is 27.0 Å². The highest BCUT2D eigenvalue weighted by Gasteiger charge is 2.51. The summed E-state index contributed by atoms with van der Waals surface area (Å²) in [5.74, 6) is 0. The van der Waals surface area contributed by atoms with Crippen molar-refractivity contribution in [2.75, 3.05) is 14.1 Å². The molecule has 1 aliphatic rings. The van der Waals surface area contributed by atoms with Crippen LogP contribution in [0.5, 0.6) is 0 Å². The van der Waals surface area contributed by atoms with Crippen molar-refractivity contribution in [1.82, 2.24) is 4.90 Å². The van der Waals surface area contributed by atoms with Gasteiger partial charge in [-0.05, 0) is 44.6 Å². The summed E-state index contributed by atoms with van der Waals surface area (Å²) in [6, 6.07) is 10.5. The van der Waals surface area contributed by atoms with Crippen LogP contribution in [0, 0.1) is 16.7 Å². The van der Waals surface area contributed by atoms with E-state index in [1.807, 2.05) is 38.4 Å². The largest absolute Gasteiger partial charge is 0.301 e. The van der Waals surface area contributed by atoms with Gasteiger partial charge in [-0.2, -0.15) is 5.26 Å². The predicted molar refractivity (Wildman–Crippen MR) is 65.2 cm³/mol. The van der Waals surface area contributed by atoms with Crippen LogP contribution in [0.1, 0.15) is 24.4 Å². The number of nitrogens with zero attached hydrogens (tertiary/aromatic N) is 2. The molecule has 3 heteroatoms. The molecule has 0 bridgehead atoms. The predicted octanol–water partition coefficient (Wildman–Crippen LogP) is 3.25. The van der Waals surface area contributed by atoms with E-state index in [0.29, 0.717) is 0 Å². The molecule has 1 atom stereocenters. The van der Waals surface area contributed by atoms with E-state index in [1.165, 1.54) is 5.56 Å². The fourth-order valence-corrected chi connectivity index (χ4v) is 2.46. The van der Waals surface area contributed by atoms with Crippen molar-refractivity contribution in [2.45, 2.75) is 18.9 Å². The minimum Gasteiger partial charge on any atom is -0.301 e. The van der Waals surface area contributed by atoms with Crippen LogP contribution in [0.25, 0.3) is 0 Å². The molecule has 0 saturated heterocycles. The smallest absolute Gasteiger partial charge is 0.0771 e. The molecule has 0 radical (unpaired) electrons. The van der Waals surface area contributed by atoms with Gasteiger partial charge in [0.2, 0.25) is 0 Å². The van der Waals surface area contributed by atoms with Gasteiger partial charge in [0.15, 0.2) is 0 Å². The zero-order valence-electron chi connectivity index (χ0n) is 9.57. The maximum atomic E-state index is 9.29. The second-order valence-corrected chi connectivity index (χ2v) is 5.12. The van der Waals surface area contributed by atoms with Crippen LogP contribution in [0.15, 0.2) is 24.3 Å². The summed E-state index contributed by atoms with van der Waals surface area (Å²) in [5.41, 5.74) is 0.991. The summed E-state index contributed by atoms with van der Waals surface area (Å²) in [6.45, 7) is 0. The first kappa shape index (κ1) is 11.4. The van der Waals surface area contributed by atoms with Gasteiger partial charge in [-0.25, -0.2) is 0 Å². The van der Waals surface area contributed by atoms with Crippen molar-refractivity contribution in [3.63, 3.8) is 0 Å². The summed E-state index contributed by atoms with van der Waals surface area (Å²) in [5, 5.41) is 10.0. The van der Waals surface area contributed by atoms with Crippen molar-refractivity contribution in [2.24, 2.45) is 5.41 Å². The molecule has 1 unspecified atom stereocenters. The maximum Gasteiger partial charge on any atom is 0.0771 e. The SMILES string of the molecule is CN(C)C(c1ccc(Cl)cc1)C1(C#N)CC1. The van der Waals surface area contributed by atoms with Crippen LogP contribution in [0.4, 0.5) is 0 Å². The number of nitriles is 1. The second kappa shape index (κ2) is 4.08. The van der Waals surface area contributed by atoms with Crippen LogP contribution in [0.3, 0.4) is 0 Å². The van der Waals surface area contributed by atoms with E-state index in [-0.39, 0.29) is 11.5 Å². The molecule has 1 aromatic carbocycles. The molecule has 1 saturated carbocycles. The fourth-order valence-electron chi connectivity index (χ4n) is 2.34. The van der Waals surface area contributed by atoms with E-state index in [1.54, 1.807) is 0 Å². The minimum absolute atomic E-state index is 0.176. The Labute approximate surface area is 101 Å². The van der Waals surface area contributed by atoms with E-state index in [2.05, 4.69) is 11.0 Å². The van der Waals surface area contributed by atoms with E-state index >= 15 is 0 Å². The highest BCUT2D eigenvalue weighted by molar-refractivity contribution is 6.30. The van der Waals surface area contributed by atoms with E-state index in [0.717, 1.165) is 17.9 Å². The van der Waals surface area contributed by atoms with Gasteiger partial charge in [-0.15, -0.1) is 0 Å². The Morgan fingerprint density at radius 2 is 1.88 bits per heavy atom. The number of hydrogen-bond acceptors (Lipinski definition) is 2. The molecule has 16 heavy (non-hydrogen) atoms. The Morgan fingerprint density at radius 3 is 2.25 bits per heavy atom. The first-order valence-corrected chi connectivity index (χ1v) is 5.80. The van der Waals surface area contributed by atoms with Crippen LogP contribution in [-0.4, -0.2) is 19.0 Å². The van der Waals surface area contributed by atoms with Crippen molar-refractivity contribution in [1.29, 1.82) is 5.26 Å². The summed E-state index contributed by atoms with van der Waals surface area (Å²) < 4.78 is 0. The van der Waals surface area contributed by atoms with Gasteiger partial charge in [-0.1, -0.05) is 23.7 Å². The number of hydrogen-bond donors (Lipinski definition) is 0. The third-order valence-corrected chi connectivity index (χ3v) is 3.49. The van der Waals surface area contributed by atoms with E-state index in [4.69, 9.17) is 11.6 Å². The van der Waals surface area contributed by atoms with Crippen molar-refractivity contribution >= 4 is 11.6 Å². The second-order valence-electron chi connectivity index (χ2n) is 4.69. The van der Waals surface area contributed by atoms with Gasteiger partial charge in [0, 0.05) is 5.02 Å². The van der Waals surface area contributed by atoms with Crippen LogP contribution in [-0.2, 0) is 0 Å². The average molecular weight is 235 g/mol. The third-order valence-electron chi connectivity index (χ3n) is 3.24. The molecule has 1 aromatic rings. The van der Waals surface area contributed by atoms with Crippen LogP contribution >= 0.6 is 11.6 Å². The summed E-state index contributed by atoms with van der Waals surface area (Å²) in [7, 11) is 4.05. The molecule has 2 nitrogen and oxygen atoms in total. The summed E-state index contributed by atoms with van der Waals surface area (Å²) >= 11 is 5.88. The molecular weight excluding hydrogens is 220 g/mol. The van der Waals surface area contributed by atoms with Gasteiger partial charge < -0.3 is 4.90 Å². The molecule has 2 rings (SSSR count). The Hall–Kier alpha value is -1.04. The average Bonchev–Trinajstić information content (AvgIpc) is 3.02. The Bertz CT molecular complexity index is 413. The monoisotopic (exact) mass is 234 g/mol. The van der Waals surface area contributed by atoms with Gasteiger partial charge in [-0.3, -0.25) is 0 Å². The lowest BCUT2D eigenvalue weighted by atomic mass is 9.90. The molecule has 84 valence electrons. The highest BCUT2D eigenvalue weighted by atomic mass is 35.5. The van der Waals surface area contributed by atoms with E-state index in [9.17, 15) is 5.26 Å². The van der Waals surface area contributed by atoms with Crippen LogP contribution < -0.4 is 0 Å². The highest BCUT2D eigenvalue weighted by Crippen LogP contribution is 2.56. The zero-order valence-corrected chi connectivity index (χ0v) is 10.3. The summed E-state index contributed by atoms with van der Waals surface area (Å²) in [6.07, 6.45) is 1.99. The van der Waals surface area contributed by atoms with Gasteiger partial charge in [0.05, 0.1) is 17.5 Å². The zero-order chi connectivity index (χ0) is 11.8. The summed E-state index contributed by atoms with van der Waals surface area (Å²) in [4.78, 5) is 2.12. The molecule has 1 aliphatic carbocycles. The lowest BCUT2D eigenvalue weighted by molar-refractivity contribution is 0.232. The molecule has 0 aromatic heterocycles. The number of rotatable bonds is 3. The standard InChI is InChI=1S/C13H15ClN2/c1-16(2)12(13(9-15)7-8-13)10-3-5-11(14)6-4-10/h3-6,12H,7-8H2,1-2H3. The van der Waals surface area contributed by atoms with Crippen molar-refractivity contribution < 1.29 is 0 Å². The lowest BCUT2D eigenvalue weighted by Crippen LogP contribution is -2.27. The van der Waals surface area contributed by atoms with E-state index < -0.39 is 0 Å². The number of halogens is 1. The maximum absolute atomic E-state index is 9.29. The molecule has 0 aliphatic heterocycles. The van der Waals surface area contributed by atoms with Gasteiger partial charge >= 0.3 is 0 Å². The Morgan fingerprint density at radius 1 is 1.31 bits per heavy atom. The molecule has 0 heterocycles. The molecule has 1 fully saturated rings. The first-order valence-electron chi connectivity index (χ1n) is 5.42. The van der Waals surface area contributed by atoms with Gasteiger partial charge in [0.25, 0.3) is 0 Å². The normalized spacial score (nSPS) is 19.2. The Balaban J connectivity index is 2.34. The van der Waals surface area contributed by atoms with Gasteiger partial charge in [0.1, 0.15) is 0 Å². The molecule has 0 amide bonds. The lowest BCUT2D eigenvalue weighted by Gasteiger charge is -2.28. The molecular formula is C13H15ClN2. The molecule has 0 spiro atoms. The van der Waals surface area contributed by atoms with Crippen LogP contribution in [0.2, 0.25) is 5.02 Å². The third kappa shape index (κ3) is 1.93. The van der Waals surface area contributed by atoms with Crippen molar-refractivity contribution in [3.05, 3.63) is 34.9 Å². The van der Waals surface area contributed by atoms with Crippen molar-refractivity contribution in [3.8, 4) is 6.07 Å². The minimum atomic E-state index is -0.183. The fraction of sp³-hybridized carbons (Fsp3) is 0.462. The molecule has 0 N–H and O–H groups in total. The Kier molecular flexibility index (Phi) is 2.92. The number of benzene rings is 1. The quantitative estimate of drug-likeness (QED) is 0.803.